The van der Waals surface area contributed by atoms with E-state index in [1.54, 1.807) is 6.07 Å². The Morgan fingerprint density at radius 1 is 0.882 bits per heavy atom. The Morgan fingerprint density at radius 2 is 1.53 bits per heavy atom. The molecule has 0 aromatic heterocycles. The molecule has 2 nitrogen and oxygen atoms in total. The van der Waals surface area contributed by atoms with Crippen LogP contribution >= 0.6 is 0 Å². The van der Waals surface area contributed by atoms with Crippen LogP contribution in [-0.2, 0) is 0 Å². The molecule has 0 aliphatic rings. The van der Waals surface area contributed by atoms with E-state index in [4.69, 9.17) is 0 Å². The average molecular weight is 227 g/mol. The van der Waals surface area contributed by atoms with Crippen LogP contribution < -0.4 is 0 Å². The maximum absolute atomic E-state index is 9.57. The first-order valence-corrected chi connectivity index (χ1v) is 5.69. The van der Waals surface area contributed by atoms with Crippen molar-refractivity contribution in [2.75, 3.05) is 14.1 Å². The fraction of sp³-hybridized carbons (Fsp3) is 0.200. The Bertz CT molecular complexity index is 479. The maximum Gasteiger partial charge on any atom is 0.115 e. The van der Waals surface area contributed by atoms with Crippen molar-refractivity contribution in [3.63, 3.8) is 0 Å². The van der Waals surface area contributed by atoms with Gasteiger partial charge in [0.1, 0.15) is 5.75 Å². The SMILES string of the molecule is CN(C)C(c1ccccc1)c1cccc(O)c1. The lowest BCUT2D eigenvalue weighted by atomic mass is 9.98. The van der Waals surface area contributed by atoms with Crippen LogP contribution in [0.2, 0.25) is 0 Å². The molecule has 1 atom stereocenters. The van der Waals surface area contributed by atoms with Gasteiger partial charge in [0.15, 0.2) is 0 Å². The largest absolute Gasteiger partial charge is 0.508 e. The third-order valence-corrected chi connectivity index (χ3v) is 2.82. The zero-order chi connectivity index (χ0) is 12.3. The van der Waals surface area contributed by atoms with Crippen molar-refractivity contribution in [3.05, 3.63) is 65.7 Å². The summed E-state index contributed by atoms with van der Waals surface area (Å²) < 4.78 is 0. The summed E-state index contributed by atoms with van der Waals surface area (Å²) in [5, 5.41) is 9.57. The van der Waals surface area contributed by atoms with E-state index in [9.17, 15) is 5.11 Å². The van der Waals surface area contributed by atoms with Gasteiger partial charge < -0.3 is 5.11 Å². The fourth-order valence-electron chi connectivity index (χ4n) is 2.12. The van der Waals surface area contributed by atoms with Crippen LogP contribution in [0.5, 0.6) is 5.75 Å². The van der Waals surface area contributed by atoms with Crippen LogP contribution in [0.1, 0.15) is 17.2 Å². The van der Waals surface area contributed by atoms with Gasteiger partial charge in [-0.05, 0) is 37.4 Å². The second-order valence-corrected chi connectivity index (χ2v) is 4.37. The van der Waals surface area contributed by atoms with Crippen molar-refractivity contribution in [3.8, 4) is 5.75 Å². The summed E-state index contributed by atoms with van der Waals surface area (Å²) in [6.45, 7) is 0. The van der Waals surface area contributed by atoms with E-state index < -0.39 is 0 Å². The summed E-state index contributed by atoms with van der Waals surface area (Å²) in [4.78, 5) is 2.14. The highest BCUT2D eigenvalue weighted by atomic mass is 16.3. The lowest BCUT2D eigenvalue weighted by molar-refractivity contribution is 0.341. The quantitative estimate of drug-likeness (QED) is 0.871. The number of phenols is 1. The first-order chi connectivity index (χ1) is 8.18. The number of hydrogen-bond donors (Lipinski definition) is 1. The molecule has 0 saturated carbocycles. The van der Waals surface area contributed by atoms with E-state index in [1.165, 1.54) is 5.56 Å². The number of hydrogen-bond acceptors (Lipinski definition) is 2. The van der Waals surface area contributed by atoms with Gasteiger partial charge >= 0.3 is 0 Å². The number of rotatable bonds is 3. The molecule has 0 aliphatic carbocycles. The Labute approximate surface area is 102 Å². The summed E-state index contributed by atoms with van der Waals surface area (Å²) in [7, 11) is 4.09. The molecule has 2 rings (SSSR count). The predicted octanol–water partition coefficient (Wildman–Crippen LogP) is 3.04. The molecule has 0 fully saturated rings. The van der Waals surface area contributed by atoms with Gasteiger partial charge in [0.25, 0.3) is 0 Å². The van der Waals surface area contributed by atoms with Gasteiger partial charge in [-0.1, -0.05) is 42.5 Å². The van der Waals surface area contributed by atoms with Gasteiger partial charge in [-0.25, -0.2) is 0 Å². The topological polar surface area (TPSA) is 23.5 Å². The minimum Gasteiger partial charge on any atom is -0.508 e. The Balaban J connectivity index is 2.43. The van der Waals surface area contributed by atoms with E-state index >= 15 is 0 Å². The molecule has 17 heavy (non-hydrogen) atoms. The summed E-state index contributed by atoms with van der Waals surface area (Å²) in [5.41, 5.74) is 2.32. The molecule has 1 N–H and O–H groups in total. The van der Waals surface area contributed by atoms with Crippen molar-refractivity contribution in [2.24, 2.45) is 0 Å². The summed E-state index contributed by atoms with van der Waals surface area (Å²) in [6, 6.07) is 17.9. The molecule has 1 unspecified atom stereocenters. The van der Waals surface area contributed by atoms with Gasteiger partial charge in [-0.15, -0.1) is 0 Å². The fourth-order valence-corrected chi connectivity index (χ4v) is 2.12. The summed E-state index contributed by atoms with van der Waals surface area (Å²) in [6.07, 6.45) is 0. The number of phenolic OH excluding ortho intramolecular Hbond substituents is 1. The average Bonchev–Trinajstić information content (AvgIpc) is 2.30. The van der Waals surface area contributed by atoms with E-state index in [0.717, 1.165) is 5.56 Å². The molecule has 0 amide bonds. The molecule has 0 radical (unpaired) electrons. The smallest absolute Gasteiger partial charge is 0.115 e. The minimum absolute atomic E-state index is 0.170. The van der Waals surface area contributed by atoms with Crippen molar-refractivity contribution < 1.29 is 5.11 Å². The third kappa shape index (κ3) is 2.66. The maximum atomic E-state index is 9.57. The molecule has 0 aliphatic heterocycles. The monoisotopic (exact) mass is 227 g/mol. The van der Waals surface area contributed by atoms with Crippen LogP contribution in [0.15, 0.2) is 54.6 Å². The number of aromatic hydroxyl groups is 1. The van der Waals surface area contributed by atoms with E-state index in [2.05, 4.69) is 17.0 Å². The molecule has 0 spiro atoms. The van der Waals surface area contributed by atoms with Crippen molar-refractivity contribution in [2.45, 2.75) is 6.04 Å². The van der Waals surface area contributed by atoms with Gasteiger partial charge in [0.2, 0.25) is 0 Å². The van der Waals surface area contributed by atoms with Crippen LogP contribution in [0, 0.1) is 0 Å². The molecule has 0 bridgehead atoms. The number of nitrogens with zero attached hydrogens (tertiary/aromatic N) is 1. The first-order valence-electron chi connectivity index (χ1n) is 5.69. The van der Waals surface area contributed by atoms with Gasteiger partial charge in [0.05, 0.1) is 6.04 Å². The van der Waals surface area contributed by atoms with Gasteiger partial charge in [0, 0.05) is 0 Å². The molecule has 88 valence electrons. The number of benzene rings is 2. The van der Waals surface area contributed by atoms with Crippen LogP contribution in [0.3, 0.4) is 0 Å². The zero-order valence-corrected chi connectivity index (χ0v) is 10.2. The summed E-state index contributed by atoms with van der Waals surface area (Å²) in [5.74, 6) is 0.310. The summed E-state index contributed by atoms with van der Waals surface area (Å²) >= 11 is 0. The van der Waals surface area contributed by atoms with Gasteiger partial charge in [-0.3, -0.25) is 4.90 Å². The van der Waals surface area contributed by atoms with E-state index in [1.807, 2.05) is 50.5 Å². The Morgan fingerprint density at radius 3 is 2.12 bits per heavy atom. The van der Waals surface area contributed by atoms with Crippen molar-refractivity contribution in [1.82, 2.24) is 4.90 Å². The van der Waals surface area contributed by atoms with Crippen LogP contribution in [-0.4, -0.2) is 24.1 Å². The normalized spacial score (nSPS) is 12.6. The highest BCUT2D eigenvalue weighted by Crippen LogP contribution is 2.28. The molecule has 2 aromatic rings. The van der Waals surface area contributed by atoms with E-state index in [0.29, 0.717) is 5.75 Å². The highest BCUT2D eigenvalue weighted by molar-refractivity contribution is 5.36. The standard InChI is InChI=1S/C15H17NO/c1-16(2)15(12-7-4-3-5-8-12)13-9-6-10-14(17)11-13/h3-11,15,17H,1-2H3. The molecule has 0 saturated heterocycles. The van der Waals surface area contributed by atoms with Crippen LogP contribution in [0.4, 0.5) is 0 Å². The zero-order valence-electron chi connectivity index (χ0n) is 10.2. The lowest BCUT2D eigenvalue weighted by Crippen LogP contribution is -2.20. The second-order valence-electron chi connectivity index (χ2n) is 4.37. The Hall–Kier alpha value is -1.80. The second kappa shape index (κ2) is 5.02. The van der Waals surface area contributed by atoms with Crippen molar-refractivity contribution >= 4 is 0 Å². The van der Waals surface area contributed by atoms with Crippen LogP contribution in [0.25, 0.3) is 0 Å². The first kappa shape index (κ1) is 11.7. The highest BCUT2D eigenvalue weighted by Gasteiger charge is 2.16. The van der Waals surface area contributed by atoms with E-state index in [-0.39, 0.29) is 6.04 Å². The van der Waals surface area contributed by atoms with Crippen molar-refractivity contribution in [1.29, 1.82) is 0 Å². The van der Waals surface area contributed by atoms with Gasteiger partial charge in [-0.2, -0.15) is 0 Å². The Kier molecular flexibility index (Phi) is 3.45. The predicted molar refractivity (Wildman–Crippen MR) is 70.1 cm³/mol. The lowest BCUT2D eigenvalue weighted by Gasteiger charge is -2.25. The molecular weight excluding hydrogens is 210 g/mol. The minimum atomic E-state index is 0.170. The molecule has 2 aromatic carbocycles. The molecular formula is C15H17NO. The third-order valence-electron chi connectivity index (χ3n) is 2.82. The molecule has 2 heteroatoms. The molecule has 0 heterocycles.